The summed E-state index contributed by atoms with van der Waals surface area (Å²) in [6.45, 7) is 0.420. The Kier molecular flexibility index (Phi) is 5.43. The molecule has 2 amide bonds. The van der Waals surface area contributed by atoms with E-state index in [0.717, 1.165) is 6.07 Å². The van der Waals surface area contributed by atoms with Crippen LogP contribution in [0.3, 0.4) is 0 Å². The number of rotatable bonds is 5. The lowest BCUT2D eigenvalue weighted by Gasteiger charge is -2.08. The Bertz CT molecular complexity index is 714. The number of halogens is 1. The van der Waals surface area contributed by atoms with Gasteiger partial charge in [0.25, 0.3) is 11.8 Å². The van der Waals surface area contributed by atoms with Crippen LogP contribution in [-0.4, -0.2) is 35.1 Å². The smallest absolute Gasteiger partial charge is 0.251 e. The van der Waals surface area contributed by atoms with Crippen molar-refractivity contribution in [2.24, 2.45) is 0 Å². The first-order valence-corrected chi connectivity index (χ1v) is 7.18. The second-order valence-corrected chi connectivity index (χ2v) is 5.20. The Labute approximate surface area is 137 Å². The number of amides is 2. The molecule has 0 fully saturated rings. The molecule has 0 bridgehead atoms. The van der Waals surface area contributed by atoms with Crippen molar-refractivity contribution in [3.8, 4) is 11.5 Å². The predicted molar refractivity (Wildman–Crippen MR) is 85.9 cm³/mol. The topological polar surface area (TPSA) is 98.7 Å². The molecular weight excluding hydrogens is 320 g/mol. The summed E-state index contributed by atoms with van der Waals surface area (Å²) in [5.74, 6) is -1.17. The van der Waals surface area contributed by atoms with Gasteiger partial charge in [-0.3, -0.25) is 9.59 Å². The number of hydrogen-bond acceptors (Lipinski definition) is 4. The summed E-state index contributed by atoms with van der Waals surface area (Å²) in [7, 11) is 0. The molecule has 0 radical (unpaired) electrons. The van der Waals surface area contributed by atoms with Gasteiger partial charge in [0.15, 0.2) is 0 Å². The minimum Gasteiger partial charge on any atom is -0.508 e. The van der Waals surface area contributed by atoms with E-state index in [1.807, 2.05) is 0 Å². The van der Waals surface area contributed by atoms with Crippen molar-refractivity contribution in [2.75, 3.05) is 13.1 Å². The van der Waals surface area contributed by atoms with Gasteiger partial charge >= 0.3 is 0 Å². The third kappa shape index (κ3) is 4.89. The van der Waals surface area contributed by atoms with Crippen LogP contribution in [0.25, 0.3) is 0 Å². The van der Waals surface area contributed by atoms with Crippen LogP contribution < -0.4 is 10.6 Å². The van der Waals surface area contributed by atoms with Gasteiger partial charge in [-0.1, -0.05) is 17.7 Å². The molecule has 0 aliphatic rings. The summed E-state index contributed by atoms with van der Waals surface area (Å²) in [6, 6.07) is 10.1. The average Bonchev–Trinajstić information content (AvgIpc) is 2.50. The molecule has 0 atom stereocenters. The Morgan fingerprint density at radius 1 is 0.870 bits per heavy atom. The van der Waals surface area contributed by atoms with Crippen molar-refractivity contribution in [3.05, 3.63) is 58.6 Å². The zero-order chi connectivity index (χ0) is 16.8. The Morgan fingerprint density at radius 3 is 2.00 bits per heavy atom. The summed E-state index contributed by atoms with van der Waals surface area (Å²) in [4.78, 5) is 23.7. The van der Waals surface area contributed by atoms with Crippen molar-refractivity contribution in [3.63, 3.8) is 0 Å². The van der Waals surface area contributed by atoms with Gasteiger partial charge in [0.1, 0.15) is 11.5 Å². The van der Waals surface area contributed by atoms with Crippen molar-refractivity contribution in [1.82, 2.24) is 10.6 Å². The number of carbonyl (C=O) groups is 2. The molecule has 2 rings (SSSR count). The van der Waals surface area contributed by atoms with E-state index >= 15 is 0 Å². The van der Waals surface area contributed by atoms with Crippen LogP contribution in [-0.2, 0) is 0 Å². The number of hydrogen-bond donors (Lipinski definition) is 4. The van der Waals surface area contributed by atoms with Crippen LogP contribution in [0.4, 0.5) is 0 Å². The van der Waals surface area contributed by atoms with Crippen molar-refractivity contribution in [1.29, 1.82) is 0 Å². The van der Waals surface area contributed by atoms with E-state index in [4.69, 9.17) is 11.6 Å². The molecule has 4 N–H and O–H groups in total. The SMILES string of the molecule is O=C(NCCNC(=O)c1cccc(Cl)c1)c1cc(O)cc(O)c1. The first kappa shape index (κ1) is 16.6. The third-order valence-corrected chi connectivity index (χ3v) is 3.18. The van der Waals surface area contributed by atoms with Gasteiger partial charge in [0.2, 0.25) is 0 Å². The standard InChI is InChI=1S/C16H15ClN2O4/c17-12-3-1-2-10(6-12)15(22)18-4-5-19-16(23)11-7-13(20)9-14(21)8-11/h1-3,6-9,20-21H,4-5H2,(H,18,22)(H,19,23). The van der Waals surface area contributed by atoms with Gasteiger partial charge in [0.05, 0.1) is 0 Å². The second kappa shape index (κ2) is 7.51. The van der Waals surface area contributed by atoms with E-state index in [0.29, 0.717) is 10.6 Å². The van der Waals surface area contributed by atoms with Crippen LogP contribution in [0.15, 0.2) is 42.5 Å². The summed E-state index contributed by atoms with van der Waals surface area (Å²) in [5, 5.41) is 24.3. The molecule has 23 heavy (non-hydrogen) atoms. The predicted octanol–water partition coefficient (Wildman–Crippen LogP) is 1.91. The number of phenolic OH excluding ortho intramolecular Hbond substituents is 2. The van der Waals surface area contributed by atoms with E-state index in [1.54, 1.807) is 24.3 Å². The molecule has 0 saturated carbocycles. The number of aromatic hydroxyl groups is 2. The number of nitrogens with one attached hydrogen (secondary N) is 2. The van der Waals surface area contributed by atoms with Crippen molar-refractivity contribution in [2.45, 2.75) is 0 Å². The molecule has 7 heteroatoms. The Hall–Kier alpha value is -2.73. The minimum absolute atomic E-state index is 0.128. The molecule has 120 valence electrons. The lowest BCUT2D eigenvalue weighted by atomic mass is 10.2. The quantitative estimate of drug-likeness (QED) is 0.628. The van der Waals surface area contributed by atoms with E-state index in [1.165, 1.54) is 12.1 Å². The van der Waals surface area contributed by atoms with Crippen molar-refractivity contribution >= 4 is 23.4 Å². The number of phenols is 2. The molecule has 2 aromatic carbocycles. The second-order valence-electron chi connectivity index (χ2n) is 4.76. The molecule has 0 spiro atoms. The number of carbonyl (C=O) groups excluding carboxylic acids is 2. The fourth-order valence-corrected chi connectivity index (χ4v) is 2.10. The lowest BCUT2D eigenvalue weighted by molar-refractivity contribution is 0.0927. The van der Waals surface area contributed by atoms with E-state index in [-0.39, 0.29) is 36.1 Å². The fraction of sp³-hybridized carbons (Fsp3) is 0.125. The normalized spacial score (nSPS) is 10.1. The maximum atomic E-state index is 11.9. The fourth-order valence-electron chi connectivity index (χ4n) is 1.91. The minimum atomic E-state index is -0.465. The Balaban J connectivity index is 1.81. The van der Waals surface area contributed by atoms with Gasteiger partial charge in [-0.15, -0.1) is 0 Å². The van der Waals surface area contributed by atoms with Crippen LogP contribution in [0.1, 0.15) is 20.7 Å². The maximum Gasteiger partial charge on any atom is 0.251 e. The van der Waals surface area contributed by atoms with Crippen molar-refractivity contribution < 1.29 is 19.8 Å². The highest BCUT2D eigenvalue weighted by molar-refractivity contribution is 6.30. The number of benzene rings is 2. The highest BCUT2D eigenvalue weighted by Gasteiger charge is 2.09. The van der Waals surface area contributed by atoms with E-state index in [9.17, 15) is 19.8 Å². The van der Waals surface area contributed by atoms with E-state index in [2.05, 4.69) is 10.6 Å². The Morgan fingerprint density at radius 2 is 1.43 bits per heavy atom. The molecule has 0 saturated heterocycles. The maximum absolute atomic E-state index is 11.9. The highest BCUT2D eigenvalue weighted by Crippen LogP contribution is 2.20. The average molecular weight is 335 g/mol. The third-order valence-electron chi connectivity index (χ3n) is 2.95. The van der Waals surface area contributed by atoms with Gasteiger partial charge in [0, 0.05) is 35.3 Å². The van der Waals surface area contributed by atoms with Crippen LogP contribution >= 0.6 is 11.6 Å². The van der Waals surface area contributed by atoms with Crippen LogP contribution in [0.2, 0.25) is 5.02 Å². The molecule has 0 aliphatic heterocycles. The molecule has 0 unspecified atom stereocenters. The summed E-state index contributed by atoms with van der Waals surface area (Å²) < 4.78 is 0. The van der Waals surface area contributed by atoms with E-state index < -0.39 is 5.91 Å². The summed E-state index contributed by atoms with van der Waals surface area (Å²) >= 11 is 5.81. The zero-order valence-electron chi connectivity index (χ0n) is 12.0. The zero-order valence-corrected chi connectivity index (χ0v) is 12.8. The van der Waals surface area contributed by atoms with Gasteiger partial charge in [-0.25, -0.2) is 0 Å². The van der Waals surface area contributed by atoms with Gasteiger partial charge < -0.3 is 20.8 Å². The van der Waals surface area contributed by atoms with Gasteiger partial charge in [-0.05, 0) is 30.3 Å². The monoisotopic (exact) mass is 334 g/mol. The van der Waals surface area contributed by atoms with Crippen LogP contribution in [0.5, 0.6) is 11.5 Å². The molecular formula is C16H15ClN2O4. The van der Waals surface area contributed by atoms with Gasteiger partial charge in [-0.2, -0.15) is 0 Å². The lowest BCUT2D eigenvalue weighted by Crippen LogP contribution is -2.34. The first-order chi connectivity index (χ1) is 11.0. The molecule has 0 aliphatic carbocycles. The molecule has 2 aromatic rings. The first-order valence-electron chi connectivity index (χ1n) is 6.80. The highest BCUT2D eigenvalue weighted by atomic mass is 35.5. The van der Waals surface area contributed by atoms with Crippen LogP contribution in [0, 0.1) is 0 Å². The summed E-state index contributed by atoms with van der Waals surface area (Å²) in [6.07, 6.45) is 0. The molecule has 6 nitrogen and oxygen atoms in total. The summed E-state index contributed by atoms with van der Waals surface area (Å²) in [5.41, 5.74) is 0.561. The molecule has 0 heterocycles. The molecule has 0 aromatic heterocycles. The largest absolute Gasteiger partial charge is 0.508 e.